The van der Waals surface area contributed by atoms with E-state index >= 15 is 0 Å². The van der Waals surface area contributed by atoms with E-state index in [0.717, 1.165) is 35.8 Å². The summed E-state index contributed by atoms with van der Waals surface area (Å²) < 4.78 is 0. The summed E-state index contributed by atoms with van der Waals surface area (Å²) in [5.74, 6) is -0.407. The van der Waals surface area contributed by atoms with Crippen molar-refractivity contribution in [1.29, 1.82) is 0 Å². The van der Waals surface area contributed by atoms with E-state index in [2.05, 4.69) is 15.2 Å². The van der Waals surface area contributed by atoms with Crippen molar-refractivity contribution in [3.05, 3.63) is 15.6 Å². The minimum atomic E-state index is -0.225. The molecule has 0 unspecified atom stereocenters. The lowest BCUT2D eigenvalue weighted by Gasteiger charge is -2.30. The van der Waals surface area contributed by atoms with E-state index in [4.69, 9.17) is 5.73 Å². The summed E-state index contributed by atoms with van der Waals surface area (Å²) >= 11 is 1.53. The maximum atomic E-state index is 12.0. The normalized spacial score (nSPS) is 19.4. The number of hydrogen-bond acceptors (Lipinski definition) is 5. The highest BCUT2D eigenvalue weighted by Crippen LogP contribution is 2.17. The number of hydrogen-bond donors (Lipinski definition) is 2. The van der Waals surface area contributed by atoms with Crippen molar-refractivity contribution in [3.8, 4) is 0 Å². The number of rotatable bonds is 5. The Kier molecular flexibility index (Phi) is 5.30. The minimum Gasteiger partial charge on any atom is -0.369 e. The van der Waals surface area contributed by atoms with Gasteiger partial charge in [-0.25, -0.2) is 4.98 Å². The average Bonchev–Trinajstić information content (AvgIpc) is 2.78. The number of aryl methyl sites for hydroxylation is 2. The fourth-order valence-electron chi connectivity index (χ4n) is 2.64. The van der Waals surface area contributed by atoms with Crippen LogP contribution in [-0.2, 0) is 4.79 Å². The Morgan fingerprint density at radius 3 is 2.86 bits per heavy atom. The molecule has 1 aromatic rings. The van der Waals surface area contributed by atoms with Gasteiger partial charge in [-0.2, -0.15) is 0 Å². The Morgan fingerprint density at radius 1 is 1.48 bits per heavy atom. The van der Waals surface area contributed by atoms with E-state index in [1.54, 1.807) is 0 Å². The average molecular weight is 310 g/mol. The van der Waals surface area contributed by atoms with Crippen LogP contribution in [0.15, 0.2) is 0 Å². The fraction of sp³-hybridized carbons (Fsp3) is 0.643. The molecule has 1 atom stereocenters. The van der Waals surface area contributed by atoms with Gasteiger partial charge in [-0.05, 0) is 33.2 Å². The molecule has 2 amide bonds. The molecule has 0 bridgehead atoms. The van der Waals surface area contributed by atoms with Crippen molar-refractivity contribution in [2.45, 2.75) is 26.7 Å². The van der Waals surface area contributed by atoms with E-state index in [0.29, 0.717) is 18.8 Å². The second kappa shape index (κ2) is 7.00. The molecule has 116 valence electrons. The standard InChI is InChI=1S/C14H22N4O2S/c1-9-12(17-10(2)21-9)14(20)16-5-7-18-6-3-4-11(8-18)13(15)19/h11H,3-8H2,1-2H3,(H2,15,19)(H,16,20)/t11-/m1/s1. The molecular weight excluding hydrogens is 288 g/mol. The lowest BCUT2D eigenvalue weighted by Crippen LogP contribution is -2.44. The molecule has 1 saturated heterocycles. The Hall–Kier alpha value is -1.47. The van der Waals surface area contributed by atoms with Gasteiger partial charge in [0.25, 0.3) is 5.91 Å². The molecule has 1 aliphatic rings. The maximum absolute atomic E-state index is 12.0. The van der Waals surface area contributed by atoms with Crippen molar-refractivity contribution in [2.24, 2.45) is 11.7 Å². The van der Waals surface area contributed by atoms with Crippen molar-refractivity contribution >= 4 is 23.2 Å². The van der Waals surface area contributed by atoms with Gasteiger partial charge in [0.05, 0.1) is 10.9 Å². The van der Waals surface area contributed by atoms with Crippen molar-refractivity contribution in [2.75, 3.05) is 26.2 Å². The molecule has 0 radical (unpaired) electrons. The zero-order valence-electron chi connectivity index (χ0n) is 12.5. The summed E-state index contributed by atoms with van der Waals surface area (Å²) in [6.07, 6.45) is 1.85. The number of nitrogens with two attached hydrogens (primary N) is 1. The van der Waals surface area contributed by atoms with Gasteiger partial charge in [-0.3, -0.25) is 9.59 Å². The zero-order chi connectivity index (χ0) is 15.4. The molecule has 21 heavy (non-hydrogen) atoms. The topological polar surface area (TPSA) is 88.3 Å². The quantitative estimate of drug-likeness (QED) is 0.837. The van der Waals surface area contributed by atoms with Crippen LogP contribution in [0.4, 0.5) is 0 Å². The van der Waals surface area contributed by atoms with Gasteiger partial charge in [-0.15, -0.1) is 11.3 Å². The van der Waals surface area contributed by atoms with E-state index in [1.165, 1.54) is 11.3 Å². The highest BCUT2D eigenvalue weighted by Gasteiger charge is 2.23. The van der Waals surface area contributed by atoms with Gasteiger partial charge in [0, 0.05) is 24.5 Å². The lowest BCUT2D eigenvalue weighted by atomic mass is 9.97. The third-order valence-electron chi connectivity index (χ3n) is 3.74. The molecule has 6 nitrogen and oxygen atoms in total. The van der Waals surface area contributed by atoms with Crippen molar-refractivity contribution in [3.63, 3.8) is 0 Å². The summed E-state index contributed by atoms with van der Waals surface area (Å²) in [6, 6.07) is 0. The first-order valence-electron chi connectivity index (χ1n) is 7.21. The number of thiazole rings is 1. The second-order valence-electron chi connectivity index (χ2n) is 5.44. The van der Waals surface area contributed by atoms with Crippen LogP contribution in [0.2, 0.25) is 0 Å². The molecule has 1 fully saturated rings. The fourth-order valence-corrected chi connectivity index (χ4v) is 3.46. The molecule has 2 rings (SSSR count). The summed E-state index contributed by atoms with van der Waals surface area (Å²) in [5, 5.41) is 3.79. The number of amides is 2. The van der Waals surface area contributed by atoms with Crippen LogP contribution in [0.1, 0.15) is 33.2 Å². The Labute approximate surface area is 128 Å². The highest BCUT2D eigenvalue weighted by atomic mass is 32.1. The summed E-state index contributed by atoms with van der Waals surface area (Å²) in [7, 11) is 0. The summed E-state index contributed by atoms with van der Waals surface area (Å²) in [5.41, 5.74) is 5.88. The van der Waals surface area contributed by atoms with Gasteiger partial charge in [-0.1, -0.05) is 0 Å². The van der Waals surface area contributed by atoms with E-state index in [-0.39, 0.29) is 17.7 Å². The van der Waals surface area contributed by atoms with E-state index in [9.17, 15) is 9.59 Å². The van der Waals surface area contributed by atoms with Crippen molar-refractivity contribution in [1.82, 2.24) is 15.2 Å². The number of aromatic nitrogens is 1. The Bertz CT molecular complexity index is 529. The molecule has 2 heterocycles. The predicted octanol–water partition coefficient (Wildman–Crippen LogP) is 0.687. The summed E-state index contributed by atoms with van der Waals surface area (Å²) in [6.45, 7) is 6.74. The number of primary amides is 1. The molecule has 0 saturated carbocycles. The SMILES string of the molecule is Cc1nc(C(=O)NCCN2CCC[C@@H](C(N)=O)C2)c(C)s1. The molecule has 1 aromatic heterocycles. The number of carbonyl (C=O) groups excluding carboxylic acids is 2. The minimum absolute atomic E-state index is 0.0575. The first-order valence-corrected chi connectivity index (χ1v) is 8.03. The predicted molar refractivity (Wildman–Crippen MR) is 82.3 cm³/mol. The van der Waals surface area contributed by atoms with Crippen molar-refractivity contribution < 1.29 is 9.59 Å². The number of piperidine rings is 1. The van der Waals surface area contributed by atoms with Gasteiger partial charge >= 0.3 is 0 Å². The van der Waals surface area contributed by atoms with Crippen LogP contribution < -0.4 is 11.1 Å². The van der Waals surface area contributed by atoms with Crippen LogP contribution in [0, 0.1) is 19.8 Å². The van der Waals surface area contributed by atoms with Crippen LogP contribution in [0.3, 0.4) is 0 Å². The highest BCUT2D eigenvalue weighted by molar-refractivity contribution is 7.11. The number of nitrogens with zero attached hydrogens (tertiary/aromatic N) is 2. The largest absolute Gasteiger partial charge is 0.369 e. The number of nitrogens with one attached hydrogen (secondary N) is 1. The number of carbonyl (C=O) groups is 2. The van der Waals surface area contributed by atoms with Gasteiger partial charge in [0.2, 0.25) is 5.91 Å². The van der Waals surface area contributed by atoms with Gasteiger partial charge < -0.3 is 16.0 Å². The monoisotopic (exact) mass is 310 g/mol. The van der Waals surface area contributed by atoms with E-state index < -0.39 is 0 Å². The molecule has 1 aliphatic heterocycles. The van der Waals surface area contributed by atoms with E-state index in [1.807, 2.05) is 13.8 Å². The molecule has 0 spiro atoms. The number of likely N-dealkylation sites (tertiary alicyclic amines) is 1. The van der Waals surface area contributed by atoms with Gasteiger partial charge in [0.15, 0.2) is 0 Å². The van der Waals surface area contributed by atoms with Gasteiger partial charge in [0.1, 0.15) is 5.69 Å². The molecule has 0 aromatic carbocycles. The lowest BCUT2D eigenvalue weighted by molar-refractivity contribution is -0.123. The Balaban J connectivity index is 1.77. The third kappa shape index (κ3) is 4.25. The molecule has 3 N–H and O–H groups in total. The molecule has 7 heteroatoms. The zero-order valence-corrected chi connectivity index (χ0v) is 13.3. The second-order valence-corrected chi connectivity index (χ2v) is 6.84. The third-order valence-corrected chi connectivity index (χ3v) is 4.63. The first kappa shape index (κ1) is 15.9. The molecule has 0 aliphatic carbocycles. The smallest absolute Gasteiger partial charge is 0.271 e. The summed E-state index contributed by atoms with van der Waals surface area (Å²) in [4.78, 5) is 30.6. The Morgan fingerprint density at radius 2 is 2.24 bits per heavy atom. The van der Waals surface area contributed by atoms with Crippen LogP contribution in [-0.4, -0.2) is 47.9 Å². The molecular formula is C14H22N4O2S. The van der Waals surface area contributed by atoms with Crippen LogP contribution in [0.25, 0.3) is 0 Å². The maximum Gasteiger partial charge on any atom is 0.271 e. The van der Waals surface area contributed by atoms with Crippen LogP contribution >= 0.6 is 11.3 Å². The first-order chi connectivity index (χ1) is 9.97. The van der Waals surface area contributed by atoms with Crippen LogP contribution in [0.5, 0.6) is 0 Å².